The van der Waals surface area contributed by atoms with Crippen molar-refractivity contribution in [1.82, 2.24) is 28.9 Å². The Morgan fingerprint density at radius 2 is 1.88 bits per heavy atom. The first-order valence-electron chi connectivity index (χ1n) is 10.6. The van der Waals surface area contributed by atoms with Crippen molar-refractivity contribution < 1.29 is 18.0 Å². The summed E-state index contributed by atoms with van der Waals surface area (Å²) in [5.41, 5.74) is 0.785. The van der Waals surface area contributed by atoms with Crippen LogP contribution < -0.4 is 5.32 Å². The molecule has 1 amide bonds. The number of imidazole rings is 2. The Morgan fingerprint density at radius 3 is 2.58 bits per heavy atom. The van der Waals surface area contributed by atoms with Gasteiger partial charge in [0.2, 0.25) is 5.91 Å². The van der Waals surface area contributed by atoms with Crippen LogP contribution >= 0.6 is 0 Å². The smallest absolute Gasteiger partial charge is 0.267 e. The predicted molar refractivity (Wildman–Crippen MR) is 116 cm³/mol. The van der Waals surface area contributed by atoms with E-state index in [9.17, 15) is 18.0 Å². The van der Waals surface area contributed by atoms with Crippen LogP contribution in [0.25, 0.3) is 22.6 Å². The molecular weight excluding hydrogens is 435 g/mol. The number of alkyl halides is 2. The molecule has 172 valence electrons. The molecule has 5 rings (SSSR count). The molecular formula is C22H22F3N7O. The lowest BCUT2D eigenvalue weighted by atomic mass is 9.97. The van der Waals surface area contributed by atoms with Crippen LogP contribution in [-0.4, -0.2) is 53.9 Å². The number of carbonyl (C=O) groups excluding carboxylic acids is 1. The number of nitrogens with one attached hydrogen (secondary N) is 1. The van der Waals surface area contributed by atoms with Crippen LogP contribution in [-0.2, 0) is 4.79 Å². The number of rotatable bonds is 5. The van der Waals surface area contributed by atoms with E-state index < -0.39 is 12.2 Å². The SMILES string of the molecule is Cc1cn2nc(-c3cc(F)c4nc(NC(=O)C5CN(C(C)C)C5)cn4c3)cc(C(F)F)c2n1. The number of anilines is 1. The lowest BCUT2D eigenvalue weighted by Gasteiger charge is -2.40. The molecule has 1 N–H and O–H groups in total. The van der Waals surface area contributed by atoms with Crippen LogP contribution in [0.15, 0.2) is 30.7 Å². The molecule has 8 nitrogen and oxygen atoms in total. The van der Waals surface area contributed by atoms with Crippen molar-refractivity contribution in [1.29, 1.82) is 0 Å². The molecule has 0 radical (unpaired) electrons. The van der Waals surface area contributed by atoms with Gasteiger partial charge >= 0.3 is 0 Å². The minimum absolute atomic E-state index is 0.0140. The molecule has 0 atom stereocenters. The van der Waals surface area contributed by atoms with Crippen molar-refractivity contribution in [2.24, 2.45) is 5.92 Å². The third-order valence-corrected chi connectivity index (χ3v) is 5.87. The second-order valence-electron chi connectivity index (χ2n) is 8.60. The molecule has 0 saturated carbocycles. The van der Waals surface area contributed by atoms with Gasteiger partial charge in [-0.15, -0.1) is 0 Å². The Balaban J connectivity index is 1.46. The number of nitrogens with zero attached hydrogens (tertiary/aromatic N) is 6. The highest BCUT2D eigenvalue weighted by atomic mass is 19.3. The highest BCUT2D eigenvalue weighted by molar-refractivity contribution is 5.93. The van der Waals surface area contributed by atoms with Crippen LogP contribution in [0.3, 0.4) is 0 Å². The average molecular weight is 457 g/mol. The van der Waals surface area contributed by atoms with Gasteiger partial charge in [-0.05, 0) is 32.9 Å². The number of hydrogen-bond acceptors (Lipinski definition) is 5. The highest BCUT2D eigenvalue weighted by Gasteiger charge is 2.34. The molecule has 1 aliphatic heterocycles. The fourth-order valence-electron chi connectivity index (χ4n) is 4.00. The minimum atomic E-state index is -2.77. The lowest BCUT2D eigenvalue weighted by Crippen LogP contribution is -2.54. The first-order valence-corrected chi connectivity index (χ1v) is 10.6. The molecule has 1 aliphatic rings. The topological polar surface area (TPSA) is 79.8 Å². The van der Waals surface area contributed by atoms with Gasteiger partial charge in [-0.2, -0.15) is 5.10 Å². The summed E-state index contributed by atoms with van der Waals surface area (Å²) in [6.45, 7) is 7.16. The third kappa shape index (κ3) is 3.82. The number of hydrogen-bond donors (Lipinski definition) is 1. The number of fused-ring (bicyclic) bond motifs is 2. The van der Waals surface area contributed by atoms with E-state index in [1.54, 1.807) is 6.92 Å². The summed E-state index contributed by atoms with van der Waals surface area (Å²) in [4.78, 5) is 22.9. The molecule has 33 heavy (non-hydrogen) atoms. The number of halogens is 3. The van der Waals surface area contributed by atoms with E-state index in [1.807, 2.05) is 0 Å². The summed E-state index contributed by atoms with van der Waals surface area (Å²) in [7, 11) is 0. The molecule has 11 heteroatoms. The number of amides is 1. The highest BCUT2D eigenvalue weighted by Crippen LogP contribution is 2.29. The first-order chi connectivity index (χ1) is 15.7. The van der Waals surface area contributed by atoms with Gasteiger partial charge in [-0.25, -0.2) is 27.7 Å². The van der Waals surface area contributed by atoms with E-state index in [1.165, 1.54) is 39.6 Å². The molecule has 4 aromatic rings. The molecule has 0 bridgehead atoms. The average Bonchev–Trinajstić information content (AvgIpc) is 3.27. The summed E-state index contributed by atoms with van der Waals surface area (Å²) in [5, 5.41) is 7.06. The standard InChI is InChI=1S/C22H22F3N7O/c1-11(2)30-8-14(9-30)22(33)28-18-10-31-7-13(4-16(23)21(31)27-18)17-5-15(19(24)25)20-26-12(3)6-32(20)29-17/h4-7,10-11,14,19H,8-9H2,1-3H3,(H,28,33). The minimum Gasteiger partial charge on any atom is -0.309 e. The fourth-order valence-corrected chi connectivity index (χ4v) is 4.00. The molecule has 1 saturated heterocycles. The number of carbonyl (C=O) groups is 1. The molecule has 0 unspecified atom stereocenters. The van der Waals surface area contributed by atoms with Crippen molar-refractivity contribution in [3.8, 4) is 11.3 Å². The van der Waals surface area contributed by atoms with E-state index in [0.29, 0.717) is 24.8 Å². The van der Waals surface area contributed by atoms with Gasteiger partial charge < -0.3 is 9.72 Å². The number of aromatic nitrogens is 5. The molecule has 4 aromatic heterocycles. The number of aryl methyl sites for hydroxylation is 1. The van der Waals surface area contributed by atoms with Gasteiger partial charge in [-0.1, -0.05) is 0 Å². The zero-order valence-corrected chi connectivity index (χ0v) is 18.3. The summed E-state index contributed by atoms with van der Waals surface area (Å²) in [6, 6.07) is 2.78. The molecule has 0 aliphatic carbocycles. The van der Waals surface area contributed by atoms with E-state index >= 15 is 0 Å². The van der Waals surface area contributed by atoms with E-state index in [0.717, 1.165) is 0 Å². The monoisotopic (exact) mass is 457 g/mol. The summed E-state index contributed by atoms with van der Waals surface area (Å²) in [6.07, 6.45) is 1.80. The molecule has 0 spiro atoms. The van der Waals surface area contributed by atoms with Crippen LogP contribution in [0.4, 0.5) is 19.0 Å². The van der Waals surface area contributed by atoms with Gasteiger partial charge in [0.15, 0.2) is 22.9 Å². The lowest BCUT2D eigenvalue weighted by molar-refractivity contribution is -0.125. The van der Waals surface area contributed by atoms with Gasteiger partial charge in [-0.3, -0.25) is 9.69 Å². The Labute approximate surface area is 187 Å². The zero-order chi connectivity index (χ0) is 23.4. The van der Waals surface area contributed by atoms with E-state index in [-0.39, 0.29) is 45.8 Å². The van der Waals surface area contributed by atoms with Crippen molar-refractivity contribution in [3.63, 3.8) is 0 Å². The van der Waals surface area contributed by atoms with Crippen molar-refractivity contribution in [3.05, 3.63) is 47.8 Å². The number of likely N-dealkylation sites (tertiary alicyclic amines) is 1. The third-order valence-electron chi connectivity index (χ3n) is 5.87. The largest absolute Gasteiger partial charge is 0.309 e. The summed E-state index contributed by atoms with van der Waals surface area (Å²) < 4.78 is 44.7. The van der Waals surface area contributed by atoms with Gasteiger partial charge in [0.1, 0.15) is 0 Å². The molecule has 5 heterocycles. The first kappa shape index (κ1) is 21.4. The van der Waals surface area contributed by atoms with Crippen molar-refractivity contribution >= 4 is 23.0 Å². The maximum Gasteiger partial charge on any atom is 0.267 e. The summed E-state index contributed by atoms with van der Waals surface area (Å²) >= 11 is 0. The van der Waals surface area contributed by atoms with E-state index in [2.05, 4.69) is 39.1 Å². The Morgan fingerprint density at radius 1 is 1.12 bits per heavy atom. The maximum absolute atomic E-state index is 14.8. The maximum atomic E-state index is 14.8. The summed E-state index contributed by atoms with van der Waals surface area (Å²) in [5.74, 6) is -0.744. The molecule has 0 aromatic carbocycles. The zero-order valence-electron chi connectivity index (χ0n) is 18.3. The van der Waals surface area contributed by atoms with Crippen LogP contribution in [0.2, 0.25) is 0 Å². The Hall–Kier alpha value is -3.47. The van der Waals surface area contributed by atoms with Crippen molar-refractivity contribution in [2.75, 3.05) is 18.4 Å². The Bertz CT molecular complexity index is 1370. The van der Waals surface area contributed by atoms with E-state index in [4.69, 9.17) is 0 Å². The van der Waals surface area contributed by atoms with Crippen molar-refractivity contribution in [2.45, 2.75) is 33.2 Å². The van der Waals surface area contributed by atoms with Crippen LogP contribution in [0.5, 0.6) is 0 Å². The Kier molecular flexibility index (Phi) is 5.08. The quantitative estimate of drug-likeness (QED) is 0.494. The van der Waals surface area contributed by atoms with Gasteiger partial charge in [0, 0.05) is 30.9 Å². The fraction of sp³-hybridized carbons (Fsp3) is 0.364. The van der Waals surface area contributed by atoms with Crippen LogP contribution in [0.1, 0.15) is 31.5 Å². The normalized spacial score (nSPS) is 15.2. The molecule has 1 fully saturated rings. The number of pyridine rings is 1. The van der Waals surface area contributed by atoms with Crippen LogP contribution in [0, 0.1) is 18.7 Å². The predicted octanol–water partition coefficient (Wildman–Crippen LogP) is 3.71. The van der Waals surface area contributed by atoms with Gasteiger partial charge in [0.25, 0.3) is 6.43 Å². The second kappa shape index (κ2) is 7.84. The second-order valence-corrected chi connectivity index (χ2v) is 8.60. The van der Waals surface area contributed by atoms with Gasteiger partial charge in [0.05, 0.1) is 35.3 Å².